The lowest BCUT2D eigenvalue weighted by Gasteiger charge is -2.18. The molecule has 1 aromatic heterocycles. The van der Waals surface area contributed by atoms with Crippen LogP contribution < -0.4 is 5.73 Å². The summed E-state index contributed by atoms with van der Waals surface area (Å²) < 4.78 is 15.5. The molecule has 98 valence electrons. The minimum atomic E-state index is -0.233. The van der Waals surface area contributed by atoms with Gasteiger partial charge in [-0.05, 0) is 37.8 Å². The number of benzene rings is 1. The number of hydrogen-bond acceptors (Lipinski definition) is 2. The van der Waals surface area contributed by atoms with Crippen molar-refractivity contribution >= 4 is 17.0 Å². The maximum absolute atomic E-state index is 13.5. The maximum atomic E-state index is 13.5. The van der Waals surface area contributed by atoms with E-state index in [1.54, 1.807) is 6.92 Å². The quantitative estimate of drug-likeness (QED) is 0.901. The number of aromatic nitrogens is 2. The average Bonchev–Trinajstić information content (AvgIpc) is 2.53. The van der Waals surface area contributed by atoms with Crippen molar-refractivity contribution in [3.8, 4) is 0 Å². The first kappa shape index (κ1) is 12.9. The molecule has 0 fully saturated rings. The third-order valence-electron chi connectivity index (χ3n) is 3.25. The van der Waals surface area contributed by atoms with Gasteiger partial charge in [-0.2, -0.15) is 0 Å². The summed E-state index contributed by atoms with van der Waals surface area (Å²) in [5, 5.41) is 0. The molecule has 0 bridgehead atoms. The Morgan fingerprint density at radius 2 is 2.00 bits per heavy atom. The molecule has 0 aliphatic heterocycles. The molecule has 1 aromatic carbocycles. The van der Waals surface area contributed by atoms with Crippen molar-refractivity contribution in [3.05, 3.63) is 23.5 Å². The Morgan fingerprint density at radius 3 is 2.61 bits per heavy atom. The Hall–Kier alpha value is -1.58. The van der Waals surface area contributed by atoms with Crippen molar-refractivity contribution in [2.45, 2.75) is 40.2 Å². The summed E-state index contributed by atoms with van der Waals surface area (Å²) in [7, 11) is 0. The van der Waals surface area contributed by atoms with E-state index >= 15 is 0 Å². The zero-order valence-corrected chi connectivity index (χ0v) is 11.4. The molecule has 0 saturated carbocycles. The van der Waals surface area contributed by atoms with Crippen LogP contribution >= 0.6 is 0 Å². The predicted molar refractivity (Wildman–Crippen MR) is 73.0 cm³/mol. The number of hydrogen-bond donors (Lipinski definition) is 1. The number of nitrogen functional groups attached to an aromatic ring is 1. The second-order valence-electron chi connectivity index (χ2n) is 5.41. The van der Waals surface area contributed by atoms with Crippen LogP contribution in [-0.2, 0) is 0 Å². The molecule has 2 aromatic rings. The first-order valence-corrected chi connectivity index (χ1v) is 6.33. The molecule has 1 atom stereocenters. The number of imidazole rings is 1. The van der Waals surface area contributed by atoms with E-state index in [1.807, 2.05) is 10.6 Å². The molecule has 0 amide bonds. The summed E-state index contributed by atoms with van der Waals surface area (Å²) in [5.74, 6) is 0.810. The lowest BCUT2D eigenvalue weighted by atomic mass is 10.0. The Kier molecular flexibility index (Phi) is 3.28. The number of nitrogens with zero attached hydrogens (tertiary/aromatic N) is 2. The molecule has 0 spiro atoms. The van der Waals surface area contributed by atoms with Crippen LogP contribution in [0.25, 0.3) is 11.0 Å². The number of aryl methyl sites for hydroxylation is 1. The van der Waals surface area contributed by atoms with Crippen LogP contribution in [0.4, 0.5) is 10.3 Å². The van der Waals surface area contributed by atoms with Gasteiger partial charge in [-0.1, -0.05) is 13.8 Å². The molecule has 1 heterocycles. The van der Waals surface area contributed by atoms with Crippen molar-refractivity contribution < 1.29 is 4.39 Å². The summed E-state index contributed by atoms with van der Waals surface area (Å²) in [6.45, 7) is 8.24. The Labute approximate surface area is 107 Å². The molecule has 0 saturated heterocycles. The average molecular weight is 249 g/mol. The molecule has 3 nitrogen and oxygen atoms in total. The van der Waals surface area contributed by atoms with Crippen LogP contribution in [-0.4, -0.2) is 9.55 Å². The van der Waals surface area contributed by atoms with Crippen LogP contribution in [0.1, 0.15) is 38.8 Å². The standard InChI is InChI=1S/C14H20FN3/c1-8(2)5-10(4)18-13-6-9(3)11(15)7-12(13)17-14(18)16/h6-8,10H,5H2,1-4H3,(H2,16,17). The second kappa shape index (κ2) is 4.59. The Morgan fingerprint density at radius 1 is 1.33 bits per heavy atom. The molecule has 1 unspecified atom stereocenters. The number of nitrogens with two attached hydrogens (primary N) is 1. The predicted octanol–water partition coefficient (Wildman–Crippen LogP) is 3.67. The Bertz CT molecular complexity index is 572. The van der Waals surface area contributed by atoms with Gasteiger partial charge in [-0.25, -0.2) is 9.37 Å². The van der Waals surface area contributed by atoms with Gasteiger partial charge >= 0.3 is 0 Å². The summed E-state index contributed by atoms with van der Waals surface area (Å²) in [6.07, 6.45) is 1.02. The van der Waals surface area contributed by atoms with Gasteiger partial charge in [0.25, 0.3) is 0 Å². The van der Waals surface area contributed by atoms with Gasteiger partial charge in [0, 0.05) is 12.1 Å². The van der Waals surface area contributed by atoms with E-state index in [0.717, 1.165) is 11.9 Å². The highest BCUT2D eigenvalue weighted by atomic mass is 19.1. The van der Waals surface area contributed by atoms with Crippen LogP contribution in [0.2, 0.25) is 0 Å². The van der Waals surface area contributed by atoms with Crippen molar-refractivity contribution in [3.63, 3.8) is 0 Å². The van der Waals surface area contributed by atoms with Gasteiger partial charge in [-0.15, -0.1) is 0 Å². The van der Waals surface area contributed by atoms with Crippen LogP contribution in [0.15, 0.2) is 12.1 Å². The second-order valence-corrected chi connectivity index (χ2v) is 5.41. The van der Waals surface area contributed by atoms with Gasteiger partial charge in [-0.3, -0.25) is 0 Å². The molecule has 2 N–H and O–H groups in total. The van der Waals surface area contributed by atoms with Crippen LogP contribution in [0.5, 0.6) is 0 Å². The monoisotopic (exact) mass is 249 g/mol. The van der Waals surface area contributed by atoms with Crippen molar-refractivity contribution in [1.29, 1.82) is 0 Å². The zero-order valence-electron chi connectivity index (χ0n) is 11.4. The van der Waals surface area contributed by atoms with Crippen molar-refractivity contribution in [2.75, 3.05) is 5.73 Å². The van der Waals surface area contributed by atoms with E-state index in [-0.39, 0.29) is 11.9 Å². The van der Waals surface area contributed by atoms with Gasteiger partial charge in [0.2, 0.25) is 5.95 Å². The largest absolute Gasteiger partial charge is 0.369 e. The van der Waals surface area contributed by atoms with E-state index < -0.39 is 0 Å². The lowest BCUT2D eigenvalue weighted by Crippen LogP contribution is -2.11. The molecule has 0 aliphatic carbocycles. The number of fused-ring (bicyclic) bond motifs is 1. The summed E-state index contributed by atoms with van der Waals surface area (Å²) in [6, 6.07) is 3.55. The summed E-state index contributed by atoms with van der Waals surface area (Å²) in [4.78, 5) is 4.24. The first-order chi connectivity index (χ1) is 8.40. The van der Waals surface area contributed by atoms with Gasteiger partial charge in [0.15, 0.2) is 0 Å². The van der Waals surface area contributed by atoms with E-state index in [4.69, 9.17) is 5.73 Å². The lowest BCUT2D eigenvalue weighted by molar-refractivity contribution is 0.439. The smallest absolute Gasteiger partial charge is 0.201 e. The summed E-state index contributed by atoms with van der Waals surface area (Å²) >= 11 is 0. The van der Waals surface area contributed by atoms with E-state index in [2.05, 4.69) is 25.8 Å². The van der Waals surface area contributed by atoms with Crippen LogP contribution in [0, 0.1) is 18.7 Å². The normalized spacial score (nSPS) is 13.4. The van der Waals surface area contributed by atoms with Gasteiger partial charge < -0.3 is 10.3 Å². The first-order valence-electron chi connectivity index (χ1n) is 6.33. The SMILES string of the molecule is Cc1cc2c(cc1F)nc(N)n2C(C)CC(C)C. The minimum absolute atomic E-state index is 0.233. The summed E-state index contributed by atoms with van der Waals surface area (Å²) in [5.41, 5.74) is 8.13. The molecule has 0 aliphatic rings. The molecule has 0 radical (unpaired) electrons. The van der Waals surface area contributed by atoms with Crippen molar-refractivity contribution in [1.82, 2.24) is 9.55 Å². The fourth-order valence-electron chi connectivity index (χ4n) is 2.49. The van der Waals surface area contributed by atoms with E-state index in [9.17, 15) is 4.39 Å². The fraction of sp³-hybridized carbons (Fsp3) is 0.500. The van der Waals surface area contributed by atoms with E-state index in [1.165, 1.54) is 6.07 Å². The maximum Gasteiger partial charge on any atom is 0.201 e. The Balaban J connectivity index is 2.56. The molecule has 4 heteroatoms. The molecule has 18 heavy (non-hydrogen) atoms. The molecular formula is C14H20FN3. The number of halogens is 1. The topological polar surface area (TPSA) is 43.8 Å². The number of anilines is 1. The van der Waals surface area contributed by atoms with Crippen molar-refractivity contribution in [2.24, 2.45) is 5.92 Å². The molecular weight excluding hydrogens is 229 g/mol. The highest BCUT2D eigenvalue weighted by Gasteiger charge is 2.16. The highest BCUT2D eigenvalue weighted by Crippen LogP contribution is 2.28. The van der Waals surface area contributed by atoms with Gasteiger partial charge in [0.05, 0.1) is 11.0 Å². The minimum Gasteiger partial charge on any atom is -0.369 e. The zero-order chi connectivity index (χ0) is 13.4. The fourth-order valence-corrected chi connectivity index (χ4v) is 2.49. The highest BCUT2D eigenvalue weighted by molar-refractivity contribution is 5.79. The molecule has 2 rings (SSSR count). The third kappa shape index (κ3) is 2.19. The number of rotatable bonds is 3. The van der Waals surface area contributed by atoms with Crippen LogP contribution in [0.3, 0.4) is 0 Å². The third-order valence-corrected chi connectivity index (χ3v) is 3.25. The van der Waals surface area contributed by atoms with Gasteiger partial charge in [0.1, 0.15) is 5.82 Å². The van der Waals surface area contributed by atoms with E-state index in [0.29, 0.717) is 22.9 Å².